The number of carbonyl (C=O) groups is 2. The first-order chi connectivity index (χ1) is 15.8. The summed E-state index contributed by atoms with van der Waals surface area (Å²) in [6, 6.07) is 7.97. The fraction of sp³-hybridized carbons (Fsp3) is 0.577. The third kappa shape index (κ3) is 7.37. The van der Waals surface area contributed by atoms with Gasteiger partial charge >= 0.3 is 5.97 Å². The molecule has 1 amide bonds. The van der Waals surface area contributed by atoms with Crippen LogP contribution in [0.1, 0.15) is 86.3 Å². The lowest BCUT2D eigenvalue weighted by atomic mass is 9.86. The van der Waals surface area contributed by atoms with Gasteiger partial charge in [0, 0.05) is 23.4 Å². The number of rotatable bonds is 9. The number of carbonyl (C=O) groups excluding carboxylic acids is 2. The lowest BCUT2D eigenvalue weighted by Crippen LogP contribution is -2.33. The van der Waals surface area contributed by atoms with Crippen LogP contribution in [0, 0.1) is 0 Å². The average molecular weight is 472 g/mol. The van der Waals surface area contributed by atoms with Crippen molar-refractivity contribution < 1.29 is 14.3 Å². The maximum absolute atomic E-state index is 12.9. The molecule has 33 heavy (non-hydrogen) atoms. The van der Waals surface area contributed by atoms with Gasteiger partial charge in [-0.1, -0.05) is 45.4 Å². The number of piperidine rings is 1. The molecule has 0 bridgehead atoms. The topological polar surface area (TPSA) is 71.5 Å². The molecule has 1 aromatic heterocycles. The lowest BCUT2D eigenvalue weighted by molar-refractivity contribution is -0.140. The van der Waals surface area contributed by atoms with Crippen LogP contribution in [0.4, 0.5) is 5.69 Å². The Kier molecular flexibility index (Phi) is 9.03. The molecule has 1 aliphatic heterocycles. The number of esters is 1. The molecule has 1 aliphatic rings. The van der Waals surface area contributed by atoms with Crippen molar-refractivity contribution in [1.29, 1.82) is 0 Å². The summed E-state index contributed by atoms with van der Waals surface area (Å²) in [5.41, 5.74) is 2.43. The number of thiazole rings is 1. The van der Waals surface area contributed by atoms with Crippen LogP contribution >= 0.6 is 11.3 Å². The highest BCUT2D eigenvalue weighted by molar-refractivity contribution is 7.10. The second-order valence-electron chi connectivity index (χ2n) is 9.82. The van der Waals surface area contributed by atoms with E-state index in [4.69, 9.17) is 4.98 Å². The summed E-state index contributed by atoms with van der Waals surface area (Å²) in [6.45, 7) is 9.63. The molecule has 2 heterocycles. The number of benzene rings is 1. The number of likely N-dealkylation sites (tertiary alicyclic amines) is 1. The summed E-state index contributed by atoms with van der Waals surface area (Å²) >= 11 is 1.60. The number of methoxy groups -OCH3 is 1. The average Bonchev–Trinajstić information content (AvgIpc) is 3.29. The van der Waals surface area contributed by atoms with Crippen molar-refractivity contribution in [3.05, 3.63) is 45.9 Å². The van der Waals surface area contributed by atoms with Crippen LogP contribution in [0.2, 0.25) is 0 Å². The van der Waals surface area contributed by atoms with Gasteiger partial charge in [-0.25, -0.2) is 4.98 Å². The fourth-order valence-corrected chi connectivity index (χ4v) is 5.27. The summed E-state index contributed by atoms with van der Waals surface area (Å²) in [5, 5.41) is 6.03. The minimum atomic E-state index is -0.140. The monoisotopic (exact) mass is 471 g/mol. The molecular formula is C26H37N3O3S. The summed E-state index contributed by atoms with van der Waals surface area (Å²) in [5.74, 6) is 0.165. The van der Waals surface area contributed by atoms with E-state index in [-0.39, 0.29) is 17.3 Å². The Morgan fingerprint density at radius 1 is 1.15 bits per heavy atom. The molecule has 0 radical (unpaired) electrons. The molecule has 2 aromatic rings. The molecule has 6 nitrogen and oxygen atoms in total. The zero-order chi connectivity index (χ0) is 23.8. The Balaban J connectivity index is 1.47. The van der Waals surface area contributed by atoms with Crippen molar-refractivity contribution in [2.24, 2.45) is 0 Å². The Morgan fingerprint density at radius 3 is 2.58 bits per heavy atom. The van der Waals surface area contributed by atoms with Gasteiger partial charge in [-0.2, -0.15) is 0 Å². The third-order valence-electron chi connectivity index (χ3n) is 6.26. The van der Waals surface area contributed by atoms with Gasteiger partial charge in [0.05, 0.1) is 12.1 Å². The van der Waals surface area contributed by atoms with Crippen LogP contribution in [0.25, 0.3) is 0 Å². The molecule has 1 aromatic carbocycles. The molecule has 0 saturated carbocycles. The van der Waals surface area contributed by atoms with Gasteiger partial charge < -0.3 is 15.0 Å². The zero-order valence-corrected chi connectivity index (χ0v) is 21.2. The second-order valence-corrected chi connectivity index (χ2v) is 10.7. The minimum absolute atomic E-state index is 0.0492. The predicted molar refractivity (Wildman–Crippen MR) is 134 cm³/mol. The highest BCUT2D eigenvalue weighted by Gasteiger charge is 2.24. The highest BCUT2D eigenvalue weighted by atomic mass is 32.1. The number of para-hydroxylation sites is 1. The van der Waals surface area contributed by atoms with Crippen molar-refractivity contribution >= 4 is 28.9 Å². The number of hydrogen-bond acceptors (Lipinski definition) is 6. The van der Waals surface area contributed by atoms with Crippen molar-refractivity contribution in [1.82, 2.24) is 9.88 Å². The minimum Gasteiger partial charge on any atom is -0.469 e. The van der Waals surface area contributed by atoms with E-state index < -0.39 is 0 Å². The molecule has 0 unspecified atom stereocenters. The highest BCUT2D eigenvalue weighted by Crippen LogP contribution is 2.32. The van der Waals surface area contributed by atoms with Gasteiger partial charge in [0.15, 0.2) is 0 Å². The largest absolute Gasteiger partial charge is 0.469 e. The molecular weight excluding hydrogens is 434 g/mol. The number of anilines is 1. The second kappa shape index (κ2) is 11.7. The summed E-state index contributed by atoms with van der Waals surface area (Å²) in [6.07, 6.45) is 5.72. The van der Waals surface area contributed by atoms with E-state index in [1.807, 2.05) is 23.6 Å². The van der Waals surface area contributed by atoms with Crippen molar-refractivity contribution in [2.45, 2.75) is 70.6 Å². The molecule has 7 heteroatoms. The molecule has 1 saturated heterocycles. The Labute approximate surface area is 201 Å². The van der Waals surface area contributed by atoms with E-state index in [0.29, 0.717) is 18.0 Å². The van der Waals surface area contributed by atoms with Crippen LogP contribution in [-0.2, 0) is 14.9 Å². The van der Waals surface area contributed by atoms with Crippen LogP contribution in [0.15, 0.2) is 29.6 Å². The van der Waals surface area contributed by atoms with Crippen molar-refractivity contribution in [3.8, 4) is 0 Å². The van der Waals surface area contributed by atoms with Gasteiger partial charge in [-0.05, 0) is 62.4 Å². The van der Waals surface area contributed by atoms with Gasteiger partial charge in [0.25, 0.3) is 5.91 Å². The molecule has 1 N–H and O–H groups in total. The van der Waals surface area contributed by atoms with E-state index in [0.717, 1.165) is 68.0 Å². The van der Waals surface area contributed by atoms with E-state index in [1.165, 1.54) is 7.11 Å². The first kappa shape index (κ1) is 25.4. The van der Waals surface area contributed by atoms with Crippen LogP contribution in [0.3, 0.4) is 0 Å². The Hall–Kier alpha value is -2.25. The van der Waals surface area contributed by atoms with Crippen LogP contribution < -0.4 is 5.32 Å². The van der Waals surface area contributed by atoms with E-state index >= 15 is 0 Å². The summed E-state index contributed by atoms with van der Waals surface area (Å²) in [7, 11) is 1.44. The maximum Gasteiger partial charge on any atom is 0.305 e. The zero-order valence-electron chi connectivity index (χ0n) is 20.4. The number of hydrogen-bond donors (Lipinski definition) is 1. The lowest BCUT2D eigenvalue weighted by Gasteiger charge is -2.31. The number of amides is 1. The molecule has 1 fully saturated rings. The number of nitrogens with zero attached hydrogens (tertiary/aromatic N) is 2. The summed E-state index contributed by atoms with van der Waals surface area (Å²) < 4.78 is 4.69. The van der Waals surface area contributed by atoms with Gasteiger partial charge in [0.2, 0.25) is 0 Å². The normalized spacial score (nSPS) is 15.4. The van der Waals surface area contributed by atoms with Gasteiger partial charge in [0.1, 0.15) is 5.69 Å². The van der Waals surface area contributed by atoms with Gasteiger partial charge in [-0.3, -0.25) is 9.59 Å². The number of nitrogens with one attached hydrogen (secondary N) is 1. The van der Waals surface area contributed by atoms with E-state index in [9.17, 15) is 9.59 Å². The van der Waals surface area contributed by atoms with Crippen LogP contribution in [-0.4, -0.2) is 48.5 Å². The SMILES string of the molecule is COC(=O)CCCCCN1CCC(c2nc(C(=O)Nc3ccccc3C(C)(C)C)cs2)CC1. The quantitative estimate of drug-likeness (QED) is 0.380. The van der Waals surface area contributed by atoms with Crippen LogP contribution in [0.5, 0.6) is 0 Å². The third-order valence-corrected chi connectivity index (χ3v) is 7.26. The standard InChI is InChI=1S/C26H37N3O3S/c1-26(2,3)20-10-7-8-11-21(20)27-24(31)22-18-33-25(28-22)19-13-16-29(17-14-19)15-9-5-6-12-23(30)32-4/h7-8,10-11,18-19H,5-6,9,12-17H2,1-4H3,(H,27,31). The predicted octanol–water partition coefficient (Wildman–Crippen LogP) is 5.61. The smallest absolute Gasteiger partial charge is 0.305 e. The maximum atomic E-state index is 12.9. The number of aromatic nitrogens is 1. The molecule has 0 aliphatic carbocycles. The van der Waals surface area contributed by atoms with Gasteiger partial charge in [-0.15, -0.1) is 11.3 Å². The Bertz CT molecular complexity index is 927. The fourth-order valence-electron chi connectivity index (χ4n) is 4.30. The molecule has 0 atom stereocenters. The number of unbranched alkanes of at least 4 members (excludes halogenated alkanes) is 2. The van der Waals surface area contributed by atoms with Crippen molar-refractivity contribution in [3.63, 3.8) is 0 Å². The first-order valence-electron chi connectivity index (χ1n) is 11.9. The summed E-state index contributed by atoms with van der Waals surface area (Å²) in [4.78, 5) is 31.2. The Morgan fingerprint density at radius 2 is 1.88 bits per heavy atom. The molecule has 3 rings (SSSR count). The van der Waals surface area contributed by atoms with E-state index in [1.54, 1.807) is 11.3 Å². The number of ether oxygens (including phenoxy) is 1. The first-order valence-corrected chi connectivity index (χ1v) is 12.8. The molecule has 0 spiro atoms. The van der Waals surface area contributed by atoms with Crippen molar-refractivity contribution in [2.75, 3.05) is 32.1 Å². The van der Waals surface area contributed by atoms with E-state index in [2.05, 4.69) is 41.8 Å². The molecule has 180 valence electrons.